The summed E-state index contributed by atoms with van der Waals surface area (Å²) in [6, 6.07) is 0. The van der Waals surface area contributed by atoms with Crippen molar-refractivity contribution in [3.63, 3.8) is 0 Å². The lowest BCUT2D eigenvalue weighted by Crippen LogP contribution is -2.19. The molecule has 0 bridgehead atoms. The third-order valence-electron chi connectivity index (χ3n) is 0.560. The second kappa shape index (κ2) is 3.71. The van der Waals surface area contributed by atoms with Crippen LogP contribution in [0.25, 0.3) is 0 Å². The number of hydrogen-bond acceptors (Lipinski definition) is 4. The van der Waals surface area contributed by atoms with Crippen LogP contribution < -0.4 is 5.73 Å². The van der Waals surface area contributed by atoms with Crippen LogP contribution in [0.5, 0.6) is 0 Å². The van der Waals surface area contributed by atoms with Gasteiger partial charge in [0.05, 0.1) is 7.11 Å². The predicted octanol–water partition coefficient (Wildman–Crippen LogP) is -0.745. The third-order valence-corrected chi connectivity index (χ3v) is 0.560. The molecule has 2 N–H and O–H groups in total. The van der Waals surface area contributed by atoms with Gasteiger partial charge in [0, 0.05) is 0 Å². The molecule has 0 aromatic carbocycles. The van der Waals surface area contributed by atoms with Crippen molar-refractivity contribution in [1.29, 1.82) is 0 Å². The Balaban J connectivity index is 3.28. The molecule has 1 amide bonds. The Morgan fingerprint density at radius 1 is 1.56 bits per heavy atom. The maximum absolute atomic E-state index is 10.2. The van der Waals surface area contributed by atoms with Gasteiger partial charge in [0.25, 0.3) is 0 Å². The molecule has 9 heavy (non-hydrogen) atoms. The Morgan fingerprint density at radius 3 is 2.44 bits per heavy atom. The predicted molar refractivity (Wildman–Crippen MR) is 27.6 cm³/mol. The largest absolute Gasteiger partial charge is 0.466 e. The molecule has 5 nitrogen and oxygen atoms in total. The Kier molecular flexibility index (Phi) is 3.19. The summed E-state index contributed by atoms with van der Waals surface area (Å²) in [5, 5.41) is 0. The lowest BCUT2D eigenvalue weighted by Gasteiger charge is -1.96. The molecular weight excluding hydrogens is 126 g/mol. The number of carbonyl (C=O) groups excluding carboxylic acids is 2. The minimum Gasteiger partial charge on any atom is -0.466 e. The normalized spacial score (nSPS) is 8.11. The number of hydrogen-bond donors (Lipinski definition) is 1. The second-order valence-corrected chi connectivity index (χ2v) is 1.18. The average molecular weight is 133 g/mol. The highest BCUT2D eigenvalue weighted by Crippen LogP contribution is 1.76. The van der Waals surface area contributed by atoms with Gasteiger partial charge in [-0.05, 0) is 0 Å². The zero-order valence-electron chi connectivity index (χ0n) is 4.92. The van der Waals surface area contributed by atoms with Gasteiger partial charge < -0.3 is 15.2 Å². The molecule has 0 fully saturated rings. The van der Waals surface area contributed by atoms with Gasteiger partial charge in [0.2, 0.25) is 0 Å². The number of ether oxygens (including phenoxy) is 2. The van der Waals surface area contributed by atoms with Crippen LogP contribution in [-0.4, -0.2) is 25.8 Å². The van der Waals surface area contributed by atoms with E-state index in [1.54, 1.807) is 0 Å². The molecule has 0 aromatic heterocycles. The van der Waals surface area contributed by atoms with Crippen molar-refractivity contribution in [2.75, 3.05) is 13.7 Å². The Bertz CT molecular complexity index is 122. The van der Waals surface area contributed by atoms with Gasteiger partial charge in [0.15, 0.2) is 6.61 Å². The molecule has 0 saturated carbocycles. The highest BCUT2D eigenvalue weighted by atomic mass is 16.6. The maximum Gasteiger partial charge on any atom is 0.405 e. The van der Waals surface area contributed by atoms with Crippen molar-refractivity contribution < 1.29 is 19.1 Å². The number of carbonyl (C=O) groups is 2. The molecule has 0 aliphatic rings. The highest BCUT2D eigenvalue weighted by molar-refractivity contribution is 5.74. The standard InChI is InChI=1S/C4H7NO4/c1-8-3(6)2-9-4(5)7/h2H2,1H3,(H2,5,7). The molecular formula is C4H7NO4. The summed E-state index contributed by atoms with van der Waals surface area (Å²) in [7, 11) is 1.19. The van der Waals surface area contributed by atoms with Gasteiger partial charge in [-0.1, -0.05) is 0 Å². The number of amides is 1. The maximum atomic E-state index is 10.2. The molecule has 0 radical (unpaired) electrons. The van der Waals surface area contributed by atoms with Gasteiger partial charge in [-0.3, -0.25) is 0 Å². The summed E-state index contributed by atoms with van der Waals surface area (Å²) >= 11 is 0. The fraction of sp³-hybridized carbons (Fsp3) is 0.500. The molecule has 0 heterocycles. The van der Waals surface area contributed by atoms with E-state index in [9.17, 15) is 9.59 Å². The van der Waals surface area contributed by atoms with E-state index in [1.807, 2.05) is 0 Å². The van der Waals surface area contributed by atoms with E-state index in [4.69, 9.17) is 0 Å². The van der Waals surface area contributed by atoms with Crippen molar-refractivity contribution in [1.82, 2.24) is 0 Å². The van der Waals surface area contributed by atoms with Gasteiger partial charge in [-0.2, -0.15) is 0 Å². The van der Waals surface area contributed by atoms with Crippen molar-refractivity contribution >= 4 is 12.1 Å². The summed E-state index contributed by atoms with van der Waals surface area (Å²) < 4.78 is 8.19. The van der Waals surface area contributed by atoms with Crippen molar-refractivity contribution in [2.45, 2.75) is 0 Å². The number of rotatable bonds is 2. The first-order chi connectivity index (χ1) is 4.16. The third kappa shape index (κ3) is 4.60. The first-order valence-corrected chi connectivity index (χ1v) is 2.16. The Hall–Kier alpha value is -1.26. The summed E-state index contributed by atoms with van der Waals surface area (Å²) in [6.45, 7) is -0.425. The molecule has 5 heteroatoms. The molecule has 0 rings (SSSR count). The summed E-state index contributed by atoms with van der Waals surface area (Å²) in [5.41, 5.74) is 4.53. The summed E-state index contributed by atoms with van der Waals surface area (Å²) in [5.74, 6) is -0.631. The average Bonchev–Trinajstić information content (AvgIpc) is 1.83. The topological polar surface area (TPSA) is 78.6 Å². The number of esters is 1. The smallest absolute Gasteiger partial charge is 0.405 e. The lowest BCUT2D eigenvalue weighted by molar-refractivity contribution is -0.143. The fourth-order valence-electron chi connectivity index (χ4n) is 0.189. The van der Waals surface area contributed by atoms with E-state index in [2.05, 4.69) is 15.2 Å². The number of methoxy groups -OCH3 is 1. The van der Waals surface area contributed by atoms with Crippen molar-refractivity contribution in [2.24, 2.45) is 5.73 Å². The molecule has 0 atom stereocenters. The van der Waals surface area contributed by atoms with E-state index in [0.717, 1.165) is 0 Å². The van der Waals surface area contributed by atoms with Crippen LogP contribution in [0.4, 0.5) is 4.79 Å². The lowest BCUT2D eigenvalue weighted by atomic mass is 10.7. The van der Waals surface area contributed by atoms with E-state index in [-0.39, 0.29) is 0 Å². The minimum absolute atomic E-state index is 0.425. The first-order valence-electron chi connectivity index (χ1n) is 2.16. The zero-order valence-corrected chi connectivity index (χ0v) is 4.92. The number of primary amides is 1. The molecule has 0 aliphatic carbocycles. The summed E-state index contributed by atoms with van der Waals surface area (Å²) in [6.07, 6.45) is -0.986. The first kappa shape index (κ1) is 7.74. The SMILES string of the molecule is COC(=O)COC(N)=O. The van der Waals surface area contributed by atoms with Gasteiger partial charge in [-0.25, -0.2) is 9.59 Å². The van der Waals surface area contributed by atoms with E-state index in [0.29, 0.717) is 0 Å². The Labute approximate surface area is 51.7 Å². The van der Waals surface area contributed by atoms with Crippen molar-refractivity contribution in [3.05, 3.63) is 0 Å². The van der Waals surface area contributed by atoms with Crippen LogP contribution in [-0.2, 0) is 14.3 Å². The van der Waals surface area contributed by atoms with Gasteiger partial charge in [0.1, 0.15) is 0 Å². The summed E-state index contributed by atoms with van der Waals surface area (Å²) in [4.78, 5) is 20.0. The molecule has 52 valence electrons. The highest BCUT2D eigenvalue weighted by Gasteiger charge is 2.01. The molecule has 0 spiro atoms. The molecule has 0 aliphatic heterocycles. The van der Waals surface area contributed by atoms with E-state index in [1.165, 1.54) is 7.11 Å². The van der Waals surface area contributed by atoms with Crippen LogP contribution in [0.15, 0.2) is 0 Å². The van der Waals surface area contributed by atoms with Crippen LogP contribution in [0.1, 0.15) is 0 Å². The zero-order chi connectivity index (χ0) is 7.28. The van der Waals surface area contributed by atoms with Crippen LogP contribution in [0.3, 0.4) is 0 Å². The van der Waals surface area contributed by atoms with Gasteiger partial charge >= 0.3 is 12.1 Å². The van der Waals surface area contributed by atoms with Crippen LogP contribution in [0, 0.1) is 0 Å². The molecule has 0 unspecified atom stereocenters. The van der Waals surface area contributed by atoms with Crippen molar-refractivity contribution in [3.8, 4) is 0 Å². The van der Waals surface area contributed by atoms with Crippen LogP contribution >= 0.6 is 0 Å². The monoisotopic (exact) mass is 133 g/mol. The number of nitrogens with two attached hydrogens (primary N) is 1. The molecule has 0 saturated heterocycles. The van der Waals surface area contributed by atoms with Gasteiger partial charge in [-0.15, -0.1) is 0 Å². The second-order valence-electron chi connectivity index (χ2n) is 1.18. The minimum atomic E-state index is -0.986. The van der Waals surface area contributed by atoms with E-state index < -0.39 is 18.7 Å². The van der Waals surface area contributed by atoms with E-state index >= 15 is 0 Å². The quantitative estimate of drug-likeness (QED) is 0.503. The fourth-order valence-corrected chi connectivity index (χ4v) is 0.189. The Morgan fingerprint density at radius 2 is 2.11 bits per heavy atom. The van der Waals surface area contributed by atoms with Crippen LogP contribution in [0.2, 0.25) is 0 Å². The molecule has 0 aromatic rings.